The van der Waals surface area contributed by atoms with Crippen LogP contribution < -0.4 is 15.4 Å². The van der Waals surface area contributed by atoms with E-state index in [1.54, 1.807) is 42.5 Å². The van der Waals surface area contributed by atoms with E-state index < -0.39 is 17.7 Å². The minimum Gasteiger partial charge on any atom is -0.495 e. The van der Waals surface area contributed by atoms with Gasteiger partial charge in [0.1, 0.15) is 5.75 Å². The van der Waals surface area contributed by atoms with Gasteiger partial charge in [0, 0.05) is 16.0 Å². The minimum absolute atomic E-state index is 0.0672. The van der Waals surface area contributed by atoms with Gasteiger partial charge in [-0.15, -0.1) is 11.3 Å². The highest BCUT2D eigenvalue weighted by molar-refractivity contribution is 7.14. The van der Waals surface area contributed by atoms with Gasteiger partial charge in [0.05, 0.1) is 31.1 Å². The Morgan fingerprint density at radius 3 is 2.64 bits per heavy atom. The summed E-state index contributed by atoms with van der Waals surface area (Å²) in [7, 11) is 3.11. The first kappa shape index (κ1) is 24.6. The molecular weight excluding hydrogens is 474 g/mol. The fourth-order valence-corrected chi connectivity index (χ4v) is 3.75. The van der Waals surface area contributed by atoms with Gasteiger partial charge in [-0.3, -0.25) is 14.5 Å². The van der Waals surface area contributed by atoms with Gasteiger partial charge in [0.15, 0.2) is 16.8 Å². The maximum atomic E-state index is 13.5. The average Bonchev–Trinajstić information content (AvgIpc) is 3.23. The van der Waals surface area contributed by atoms with Gasteiger partial charge in [-0.05, 0) is 50.4 Å². The third kappa shape index (κ3) is 6.25. The zero-order valence-electron chi connectivity index (χ0n) is 18.0. The summed E-state index contributed by atoms with van der Waals surface area (Å²) in [5, 5.41) is 7.76. The highest BCUT2D eigenvalue weighted by Crippen LogP contribution is 2.28. The van der Waals surface area contributed by atoms with Crippen molar-refractivity contribution in [3.05, 3.63) is 58.4 Å². The molecule has 0 bridgehead atoms. The maximum Gasteiger partial charge on any atom is 0.243 e. The molecule has 1 unspecified atom stereocenters. The number of anilines is 2. The monoisotopic (exact) mass is 494 g/mol. The number of nitrogens with zero attached hydrogens (tertiary/aromatic N) is 2. The van der Waals surface area contributed by atoms with Gasteiger partial charge in [-0.1, -0.05) is 11.6 Å². The van der Waals surface area contributed by atoms with Crippen molar-refractivity contribution in [1.82, 2.24) is 9.88 Å². The summed E-state index contributed by atoms with van der Waals surface area (Å²) in [6.07, 6.45) is 0. The van der Waals surface area contributed by atoms with Crippen LogP contribution in [0.15, 0.2) is 41.8 Å². The van der Waals surface area contributed by atoms with E-state index in [9.17, 15) is 18.4 Å². The Morgan fingerprint density at radius 1 is 1.18 bits per heavy atom. The summed E-state index contributed by atoms with van der Waals surface area (Å²) >= 11 is 7.13. The van der Waals surface area contributed by atoms with Gasteiger partial charge in [0.25, 0.3) is 0 Å². The largest absolute Gasteiger partial charge is 0.495 e. The van der Waals surface area contributed by atoms with Gasteiger partial charge >= 0.3 is 0 Å². The first-order valence-corrected chi connectivity index (χ1v) is 11.0. The van der Waals surface area contributed by atoms with E-state index in [0.717, 1.165) is 23.5 Å². The number of rotatable bonds is 8. The van der Waals surface area contributed by atoms with Gasteiger partial charge in [0.2, 0.25) is 11.8 Å². The van der Waals surface area contributed by atoms with Crippen LogP contribution in [-0.2, 0) is 9.59 Å². The summed E-state index contributed by atoms with van der Waals surface area (Å²) in [6.45, 7) is 1.58. The number of thiazole rings is 1. The molecule has 33 heavy (non-hydrogen) atoms. The first-order chi connectivity index (χ1) is 15.7. The van der Waals surface area contributed by atoms with E-state index in [0.29, 0.717) is 32.8 Å². The molecule has 0 aliphatic carbocycles. The van der Waals surface area contributed by atoms with E-state index in [1.807, 2.05) is 0 Å². The van der Waals surface area contributed by atoms with Crippen LogP contribution in [-0.4, -0.2) is 48.4 Å². The number of benzene rings is 2. The molecule has 0 spiro atoms. The summed E-state index contributed by atoms with van der Waals surface area (Å²) in [6, 6.07) is 7.66. The van der Waals surface area contributed by atoms with Crippen molar-refractivity contribution in [2.24, 2.45) is 0 Å². The zero-order chi connectivity index (χ0) is 24.1. The lowest BCUT2D eigenvalue weighted by atomic mass is 10.2. The van der Waals surface area contributed by atoms with Crippen molar-refractivity contribution in [2.75, 3.05) is 31.3 Å². The molecule has 7 nitrogen and oxygen atoms in total. The molecule has 0 fully saturated rings. The van der Waals surface area contributed by atoms with Crippen LogP contribution in [0.1, 0.15) is 6.92 Å². The number of carbonyl (C=O) groups excluding carboxylic acids is 2. The molecule has 0 saturated carbocycles. The fraction of sp³-hybridized carbons (Fsp3) is 0.227. The van der Waals surface area contributed by atoms with Crippen LogP contribution in [0.5, 0.6) is 5.75 Å². The number of aromatic nitrogens is 1. The Labute approximate surface area is 198 Å². The number of amides is 2. The number of carbonyl (C=O) groups is 2. The second-order valence-corrected chi connectivity index (χ2v) is 8.43. The van der Waals surface area contributed by atoms with E-state index >= 15 is 0 Å². The van der Waals surface area contributed by atoms with Crippen LogP contribution in [0.4, 0.5) is 19.6 Å². The number of likely N-dealkylation sites (N-methyl/N-ethyl adjacent to an activating group) is 1. The van der Waals surface area contributed by atoms with Crippen LogP contribution in [0, 0.1) is 11.6 Å². The molecule has 0 saturated heterocycles. The fourth-order valence-electron chi connectivity index (χ4n) is 2.86. The molecule has 1 atom stereocenters. The molecule has 0 radical (unpaired) electrons. The quantitative estimate of drug-likeness (QED) is 0.476. The van der Waals surface area contributed by atoms with Gasteiger partial charge in [-0.25, -0.2) is 13.8 Å². The third-order valence-corrected chi connectivity index (χ3v) is 5.81. The molecular formula is C22H21ClF2N4O3S. The Kier molecular flexibility index (Phi) is 7.96. The van der Waals surface area contributed by atoms with Crippen LogP contribution in [0.2, 0.25) is 5.02 Å². The van der Waals surface area contributed by atoms with E-state index in [1.165, 1.54) is 13.2 Å². The number of halogens is 3. The molecule has 1 heterocycles. The smallest absolute Gasteiger partial charge is 0.243 e. The van der Waals surface area contributed by atoms with Crippen molar-refractivity contribution in [3.8, 4) is 17.0 Å². The highest BCUT2D eigenvalue weighted by atomic mass is 35.5. The van der Waals surface area contributed by atoms with E-state index in [2.05, 4.69) is 15.6 Å². The van der Waals surface area contributed by atoms with Crippen molar-refractivity contribution < 1.29 is 23.1 Å². The molecule has 2 amide bonds. The zero-order valence-corrected chi connectivity index (χ0v) is 19.6. The van der Waals surface area contributed by atoms with Crippen LogP contribution in [0.25, 0.3) is 11.3 Å². The topological polar surface area (TPSA) is 83.6 Å². The Morgan fingerprint density at radius 2 is 1.94 bits per heavy atom. The molecule has 2 aromatic carbocycles. The second kappa shape index (κ2) is 10.7. The summed E-state index contributed by atoms with van der Waals surface area (Å²) in [5.74, 6) is -2.20. The predicted octanol–water partition coefficient (Wildman–Crippen LogP) is 4.65. The predicted molar refractivity (Wildman–Crippen MR) is 125 cm³/mol. The lowest BCUT2D eigenvalue weighted by molar-refractivity contribution is -0.122. The summed E-state index contributed by atoms with van der Waals surface area (Å²) < 4.78 is 31.8. The second-order valence-electron chi connectivity index (χ2n) is 7.14. The molecule has 3 aromatic rings. The summed E-state index contributed by atoms with van der Waals surface area (Å²) in [4.78, 5) is 30.9. The lowest BCUT2D eigenvalue weighted by Crippen LogP contribution is -2.43. The summed E-state index contributed by atoms with van der Waals surface area (Å²) in [5.41, 5.74) is 1.22. The molecule has 174 valence electrons. The van der Waals surface area contributed by atoms with Crippen molar-refractivity contribution in [2.45, 2.75) is 13.0 Å². The van der Waals surface area contributed by atoms with Crippen LogP contribution >= 0.6 is 22.9 Å². The SMILES string of the molecule is COc1ccc(Cl)cc1NC(=O)CN(C)C(C)C(=O)Nc1nc(-c2ccc(F)c(F)c2)cs1. The van der Waals surface area contributed by atoms with Gasteiger partial charge in [-0.2, -0.15) is 0 Å². The number of nitrogens with one attached hydrogen (secondary N) is 2. The molecule has 0 aliphatic heterocycles. The van der Waals surface area contributed by atoms with Gasteiger partial charge < -0.3 is 15.4 Å². The standard InChI is InChI=1S/C22H21ClF2N4O3S/c1-12(29(2)10-20(30)26-17-9-14(23)5-7-19(17)32-3)21(31)28-22-27-18(11-33-22)13-4-6-15(24)16(25)8-13/h4-9,11-12H,10H2,1-3H3,(H,26,30)(H,27,28,31). The number of hydrogen-bond acceptors (Lipinski definition) is 6. The molecule has 2 N–H and O–H groups in total. The number of methoxy groups -OCH3 is 1. The molecule has 3 rings (SSSR count). The number of ether oxygens (including phenoxy) is 1. The number of hydrogen-bond donors (Lipinski definition) is 2. The molecule has 1 aromatic heterocycles. The van der Waals surface area contributed by atoms with E-state index in [-0.39, 0.29) is 18.4 Å². The van der Waals surface area contributed by atoms with Crippen molar-refractivity contribution in [3.63, 3.8) is 0 Å². The average molecular weight is 495 g/mol. The van der Waals surface area contributed by atoms with E-state index in [4.69, 9.17) is 16.3 Å². The van der Waals surface area contributed by atoms with Crippen LogP contribution in [0.3, 0.4) is 0 Å². The normalized spacial score (nSPS) is 11.8. The first-order valence-electron chi connectivity index (χ1n) is 9.73. The Bertz CT molecular complexity index is 1170. The molecule has 0 aliphatic rings. The van der Waals surface area contributed by atoms with Crippen molar-refractivity contribution in [1.29, 1.82) is 0 Å². The third-order valence-electron chi connectivity index (χ3n) is 4.82. The Hall–Kier alpha value is -3.08. The minimum atomic E-state index is -0.977. The molecule has 11 heteroatoms. The Balaban J connectivity index is 1.58. The van der Waals surface area contributed by atoms with Crippen molar-refractivity contribution >= 4 is 45.6 Å². The highest BCUT2D eigenvalue weighted by Gasteiger charge is 2.22. The maximum absolute atomic E-state index is 13.5. The lowest BCUT2D eigenvalue weighted by Gasteiger charge is -2.23.